The molecular weight excluding hydrogens is 370 g/mol. The van der Waals surface area contributed by atoms with Crippen molar-refractivity contribution >= 4 is 44.6 Å². The number of anilines is 1. The van der Waals surface area contributed by atoms with Gasteiger partial charge in [0, 0.05) is 30.1 Å². The highest BCUT2D eigenvalue weighted by molar-refractivity contribution is 7.89. The first-order valence-corrected chi connectivity index (χ1v) is 9.83. The summed E-state index contributed by atoms with van der Waals surface area (Å²) in [6.07, 6.45) is 0.326. The molecule has 0 aliphatic rings. The minimum atomic E-state index is -3.73. The van der Waals surface area contributed by atoms with E-state index in [4.69, 9.17) is 16.7 Å². The summed E-state index contributed by atoms with van der Waals surface area (Å²) < 4.78 is 23.1. The number of amides is 1. The first-order chi connectivity index (χ1) is 11.2. The molecule has 0 unspecified atom stereocenters. The highest BCUT2D eigenvalue weighted by Crippen LogP contribution is 2.22. The van der Waals surface area contributed by atoms with Crippen LogP contribution >= 0.6 is 22.9 Å². The summed E-state index contributed by atoms with van der Waals surface area (Å²) in [7, 11) is -1.79. The molecule has 0 bridgehead atoms. The second-order valence-corrected chi connectivity index (χ2v) is 8.67. The molecule has 6 nitrogen and oxygen atoms in total. The van der Waals surface area contributed by atoms with Crippen LogP contribution in [0, 0.1) is 0 Å². The molecule has 1 amide bonds. The first-order valence-electron chi connectivity index (χ1n) is 7.09. The van der Waals surface area contributed by atoms with E-state index in [1.165, 1.54) is 35.6 Å². The Morgan fingerprint density at radius 1 is 1.25 bits per heavy atom. The minimum absolute atomic E-state index is 0.00911. The fourth-order valence-corrected chi connectivity index (χ4v) is 3.71. The van der Waals surface area contributed by atoms with E-state index >= 15 is 0 Å². The van der Waals surface area contributed by atoms with Crippen LogP contribution in [0.2, 0.25) is 4.34 Å². The van der Waals surface area contributed by atoms with Crippen LogP contribution < -0.4 is 10.5 Å². The van der Waals surface area contributed by atoms with Crippen molar-refractivity contribution in [3.63, 3.8) is 0 Å². The summed E-state index contributed by atoms with van der Waals surface area (Å²) in [5.41, 5.74) is 0.528. The van der Waals surface area contributed by atoms with Crippen LogP contribution in [0.15, 0.2) is 41.3 Å². The zero-order valence-corrected chi connectivity index (χ0v) is 15.4. The van der Waals surface area contributed by atoms with Crippen LogP contribution in [0.1, 0.15) is 11.3 Å². The van der Waals surface area contributed by atoms with Gasteiger partial charge in [0.1, 0.15) is 0 Å². The predicted molar refractivity (Wildman–Crippen MR) is 96.7 cm³/mol. The molecule has 2 aromatic rings. The monoisotopic (exact) mass is 387 g/mol. The number of primary sulfonamides is 1. The van der Waals surface area contributed by atoms with E-state index in [1.54, 1.807) is 0 Å². The van der Waals surface area contributed by atoms with Crippen LogP contribution in [0.25, 0.3) is 0 Å². The number of nitrogens with two attached hydrogens (primary N) is 1. The van der Waals surface area contributed by atoms with Gasteiger partial charge in [-0.3, -0.25) is 4.79 Å². The number of sulfonamides is 1. The molecule has 2 rings (SSSR count). The topological polar surface area (TPSA) is 92.5 Å². The third-order valence-electron chi connectivity index (χ3n) is 3.24. The van der Waals surface area contributed by atoms with Gasteiger partial charge >= 0.3 is 0 Å². The lowest BCUT2D eigenvalue weighted by atomic mass is 10.3. The molecule has 3 N–H and O–H groups in total. The number of benzene rings is 1. The molecule has 0 aliphatic heterocycles. The summed E-state index contributed by atoms with van der Waals surface area (Å²) in [6, 6.07) is 9.56. The van der Waals surface area contributed by atoms with Crippen molar-refractivity contribution in [1.29, 1.82) is 0 Å². The highest BCUT2D eigenvalue weighted by atomic mass is 35.5. The average Bonchev–Trinajstić information content (AvgIpc) is 2.90. The normalized spacial score (nSPS) is 11.7. The Balaban J connectivity index is 1.80. The molecule has 0 spiro atoms. The van der Waals surface area contributed by atoms with Gasteiger partial charge in [-0.25, -0.2) is 13.6 Å². The fraction of sp³-hybridized carbons (Fsp3) is 0.267. The molecule has 1 aromatic heterocycles. The van der Waals surface area contributed by atoms with Gasteiger partial charge in [-0.05, 0) is 43.4 Å². The summed E-state index contributed by atoms with van der Waals surface area (Å²) >= 11 is 7.41. The van der Waals surface area contributed by atoms with Crippen molar-refractivity contribution in [2.45, 2.75) is 17.9 Å². The third kappa shape index (κ3) is 5.88. The lowest BCUT2D eigenvalue weighted by molar-refractivity contribution is -0.116. The zero-order valence-electron chi connectivity index (χ0n) is 13.0. The van der Waals surface area contributed by atoms with Crippen LogP contribution in [-0.2, 0) is 21.4 Å². The summed E-state index contributed by atoms with van der Waals surface area (Å²) in [6.45, 7) is 1.32. The molecule has 9 heteroatoms. The van der Waals surface area contributed by atoms with Gasteiger partial charge in [-0.1, -0.05) is 11.6 Å². The van der Waals surface area contributed by atoms with Gasteiger partial charge < -0.3 is 10.2 Å². The molecule has 0 radical (unpaired) electrons. The molecule has 130 valence electrons. The quantitative estimate of drug-likeness (QED) is 0.763. The third-order valence-corrected chi connectivity index (χ3v) is 5.39. The molecule has 1 heterocycles. The van der Waals surface area contributed by atoms with Crippen LogP contribution in [-0.4, -0.2) is 32.8 Å². The Labute approximate surface area is 150 Å². The first kappa shape index (κ1) is 18.9. The van der Waals surface area contributed by atoms with E-state index < -0.39 is 10.0 Å². The van der Waals surface area contributed by atoms with Gasteiger partial charge in [0.15, 0.2) is 0 Å². The summed E-state index contributed by atoms with van der Waals surface area (Å²) in [4.78, 5) is 15.1. The standard InChI is InChI=1S/C15H18ClN3O3S2/c1-19(10-12-4-7-14(16)23-12)9-8-15(20)18-11-2-5-13(6-3-11)24(17,21)22/h2-7H,8-10H2,1H3,(H,18,20)(H2,17,21,22). The van der Waals surface area contributed by atoms with E-state index in [0.29, 0.717) is 18.7 Å². The van der Waals surface area contributed by atoms with E-state index in [-0.39, 0.29) is 10.8 Å². The maximum atomic E-state index is 12.0. The van der Waals surface area contributed by atoms with Crippen molar-refractivity contribution in [3.05, 3.63) is 45.6 Å². The predicted octanol–water partition coefficient (Wildman–Crippen LogP) is 2.51. The van der Waals surface area contributed by atoms with Crippen molar-refractivity contribution < 1.29 is 13.2 Å². The number of hydrogen-bond donors (Lipinski definition) is 2. The highest BCUT2D eigenvalue weighted by Gasteiger charge is 2.09. The fourth-order valence-electron chi connectivity index (χ4n) is 2.03. The van der Waals surface area contributed by atoms with Gasteiger partial charge in [-0.2, -0.15) is 0 Å². The molecule has 0 saturated heterocycles. The van der Waals surface area contributed by atoms with Crippen LogP contribution in [0.5, 0.6) is 0 Å². The van der Waals surface area contributed by atoms with Crippen LogP contribution in [0.4, 0.5) is 5.69 Å². The second-order valence-electron chi connectivity index (χ2n) is 5.31. The molecule has 0 fully saturated rings. The molecule has 0 saturated carbocycles. The number of carbonyl (C=O) groups is 1. The lowest BCUT2D eigenvalue weighted by Crippen LogP contribution is -2.23. The number of hydrogen-bond acceptors (Lipinski definition) is 5. The summed E-state index contributed by atoms with van der Waals surface area (Å²) in [5.74, 6) is -0.144. The van der Waals surface area contributed by atoms with Gasteiger partial charge in [0.05, 0.1) is 9.23 Å². The number of nitrogens with zero attached hydrogens (tertiary/aromatic N) is 1. The van der Waals surface area contributed by atoms with Gasteiger partial charge in [0.2, 0.25) is 15.9 Å². The van der Waals surface area contributed by atoms with E-state index in [1.807, 2.05) is 24.1 Å². The van der Waals surface area contributed by atoms with E-state index in [2.05, 4.69) is 5.32 Å². The van der Waals surface area contributed by atoms with E-state index in [0.717, 1.165) is 15.8 Å². The Morgan fingerprint density at radius 2 is 1.92 bits per heavy atom. The molecule has 0 aliphatic carbocycles. The van der Waals surface area contributed by atoms with Gasteiger partial charge in [-0.15, -0.1) is 11.3 Å². The second kappa shape index (κ2) is 8.09. The van der Waals surface area contributed by atoms with Crippen molar-refractivity contribution in [2.75, 3.05) is 18.9 Å². The Morgan fingerprint density at radius 3 is 2.46 bits per heavy atom. The Bertz CT molecular complexity index is 804. The largest absolute Gasteiger partial charge is 0.326 e. The molecule has 0 atom stereocenters. The summed E-state index contributed by atoms with van der Waals surface area (Å²) in [5, 5.41) is 7.75. The molecular formula is C15H18ClN3O3S2. The smallest absolute Gasteiger partial charge is 0.238 e. The number of rotatable bonds is 7. The number of thiophene rings is 1. The SMILES string of the molecule is CN(CCC(=O)Nc1ccc(S(N)(=O)=O)cc1)Cc1ccc(Cl)s1. The van der Waals surface area contributed by atoms with Crippen molar-refractivity contribution in [3.8, 4) is 0 Å². The Kier molecular flexibility index (Phi) is 6.36. The number of nitrogens with one attached hydrogen (secondary N) is 1. The van der Waals surface area contributed by atoms with Gasteiger partial charge in [0.25, 0.3) is 0 Å². The van der Waals surface area contributed by atoms with Crippen LogP contribution in [0.3, 0.4) is 0 Å². The van der Waals surface area contributed by atoms with Crippen molar-refractivity contribution in [1.82, 2.24) is 4.90 Å². The average molecular weight is 388 g/mol. The van der Waals surface area contributed by atoms with E-state index in [9.17, 15) is 13.2 Å². The Hall–Kier alpha value is -1.45. The maximum Gasteiger partial charge on any atom is 0.238 e. The maximum absolute atomic E-state index is 12.0. The number of halogens is 1. The molecule has 1 aromatic carbocycles. The number of carbonyl (C=O) groups excluding carboxylic acids is 1. The zero-order chi connectivity index (χ0) is 17.7. The van der Waals surface area contributed by atoms with Crippen molar-refractivity contribution in [2.24, 2.45) is 5.14 Å². The molecule has 24 heavy (non-hydrogen) atoms. The lowest BCUT2D eigenvalue weighted by Gasteiger charge is -2.15. The minimum Gasteiger partial charge on any atom is -0.326 e.